The van der Waals surface area contributed by atoms with Gasteiger partial charge in [0.1, 0.15) is 5.82 Å². The summed E-state index contributed by atoms with van der Waals surface area (Å²) in [5.74, 6) is 1.33. The first-order valence-electron chi connectivity index (χ1n) is 8.16. The molecule has 3 rings (SSSR count). The molecule has 1 aromatic rings. The number of aliphatic hydroxyl groups is 1. The van der Waals surface area contributed by atoms with Gasteiger partial charge < -0.3 is 14.4 Å². The van der Waals surface area contributed by atoms with Crippen LogP contribution in [0.15, 0.2) is 12.4 Å². The van der Waals surface area contributed by atoms with E-state index < -0.39 is 5.60 Å². The minimum absolute atomic E-state index is 0.207. The molecule has 3 heterocycles. The number of ether oxygens (including phenoxy) is 1. The summed E-state index contributed by atoms with van der Waals surface area (Å²) in [6, 6.07) is 0.405. The Morgan fingerprint density at radius 3 is 3.14 bits per heavy atom. The smallest absolute Gasteiger partial charge is 0.122 e. The van der Waals surface area contributed by atoms with Crippen molar-refractivity contribution in [2.75, 3.05) is 19.8 Å². The van der Waals surface area contributed by atoms with Crippen molar-refractivity contribution in [1.29, 1.82) is 0 Å². The second-order valence-corrected chi connectivity index (χ2v) is 6.60. The van der Waals surface area contributed by atoms with E-state index in [-0.39, 0.29) is 5.92 Å². The second-order valence-electron chi connectivity index (χ2n) is 6.60. The van der Waals surface area contributed by atoms with Crippen LogP contribution >= 0.6 is 0 Å². The molecule has 1 aromatic heterocycles. The minimum Gasteiger partial charge on any atom is -0.390 e. The van der Waals surface area contributed by atoms with Crippen molar-refractivity contribution in [2.45, 2.75) is 57.8 Å². The zero-order valence-electron chi connectivity index (χ0n) is 13.2. The number of aromatic nitrogens is 2. The SMILES string of the molecule is CCn1ccnc1CN1CCC[C@@H]1[C@H]1COCC[C@@]1(C)O. The summed E-state index contributed by atoms with van der Waals surface area (Å²) in [4.78, 5) is 6.98. The molecule has 118 valence electrons. The molecule has 0 radical (unpaired) electrons. The second kappa shape index (κ2) is 6.07. The van der Waals surface area contributed by atoms with E-state index in [9.17, 15) is 5.11 Å². The topological polar surface area (TPSA) is 50.5 Å². The van der Waals surface area contributed by atoms with Crippen LogP contribution in [0.5, 0.6) is 0 Å². The molecule has 1 N–H and O–H groups in total. The molecule has 0 aromatic carbocycles. The lowest BCUT2D eigenvalue weighted by atomic mass is 9.79. The highest BCUT2D eigenvalue weighted by Gasteiger charge is 2.44. The van der Waals surface area contributed by atoms with Crippen molar-refractivity contribution in [1.82, 2.24) is 14.5 Å². The van der Waals surface area contributed by atoms with Gasteiger partial charge in [0.2, 0.25) is 0 Å². The molecule has 2 aliphatic heterocycles. The lowest BCUT2D eigenvalue weighted by molar-refractivity contribution is -0.123. The highest BCUT2D eigenvalue weighted by atomic mass is 16.5. The van der Waals surface area contributed by atoms with Gasteiger partial charge in [-0.2, -0.15) is 0 Å². The average Bonchev–Trinajstić information content (AvgIpc) is 3.08. The van der Waals surface area contributed by atoms with E-state index in [4.69, 9.17) is 4.74 Å². The van der Waals surface area contributed by atoms with Crippen LogP contribution in [-0.4, -0.2) is 51.0 Å². The van der Waals surface area contributed by atoms with Crippen LogP contribution in [0.3, 0.4) is 0 Å². The van der Waals surface area contributed by atoms with Crippen molar-refractivity contribution in [3.63, 3.8) is 0 Å². The summed E-state index contributed by atoms with van der Waals surface area (Å²) in [5, 5.41) is 10.7. The zero-order chi connectivity index (χ0) is 14.9. The fourth-order valence-corrected chi connectivity index (χ4v) is 3.84. The quantitative estimate of drug-likeness (QED) is 0.917. The van der Waals surface area contributed by atoms with Gasteiger partial charge in [-0.15, -0.1) is 0 Å². The maximum absolute atomic E-state index is 10.7. The van der Waals surface area contributed by atoms with Crippen molar-refractivity contribution in [3.8, 4) is 0 Å². The van der Waals surface area contributed by atoms with Crippen LogP contribution in [0, 0.1) is 5.92 Å². The summed E-state index contributed by atoms with van der Waals surface area (Å²) >= 11 is 0. The molecular formula is C16H27N3O2. The molecule has 0 bridgehead atoms. The van der Waals surface area contributed by atoms with Gasteiger partial charge in [0.15, 0.2) is 0 Å². The summed E-state index contributed by atoms with van der Waals surface area (Å²) in [5.41, 5.74) is -0.605. The maximum Gasteiger partial charge on any atom is 0.122 e. The molecule has 5 nitrogen and oxygen atoms in total. The van der Waals surface area contributed by atoms with Gasteiger partial charge in [-0.3, -0.25) is 4.90 Å². The van der Waals surface area contributed by atoms with Crippen LogP contribution in [0.1, 0.15) is 38.9 Å². The molecule has 2 fully saturated rings. The first-order valence-corrected chi connectivity index (χ1v) is 8.16. The number of rotatable bonds is 4. The van der Waals surface area contributed by atoms with E-state index in [0.29, 0.717) is 19.3 Å². The van der Waals surface area contributed by atoms with Gasteiger partial charge in [-0.1, -0.05) is 0 Å². The van der Waals surface area contributed by atoms with Crippen molar-refractivity contribution in [2.24, 2.45) is 5.92 Å². The van der Waals surface area contributed by atoms with Gasteiger partial charge in [0.25, 0.3) is 0 Å². The average molecular weight is 293 g/mol. The lowest BCUT2D eigenvalue weighted by Gasteiger charge is -2.43. The molecule has 0 aliphatic carbocycles. The molecular weight excluding hydrogens is 266 g/mol. The molecule has 0 unspecified atom stereocenters. The first kappa shape index (κ1) is 15.0. The van der Waals surface area contributed by atoms with Crippen LogP contribution in [0.4, 0.5) is 0 Å². The summed E-state index contributed by atoms with van der Waals surface area (Å²) in [6.45, 7) is 8.40. The van der Waals surface area contributed by atoms with Crippen LogP contribution in [0.2, 0.25) is 0 Å². The summed E-state index contributed by atoms with van der Waals surface area (Å²) < 4.78 is 7.85. The van der Waals surface area contributed by atoms with Gasteiger partial charge in [-0.25, -0.2) is 4.98 Å². The molecule has 2 saturated heterocycles. The van der Waals surface area contributed by atoms with Gasteiger partial charge in [0, 0.05) is 37.5 Å². The third-order valence-corrected chi connectivity index (χ3v) is 5.21. The van der Waals surface area contributed by atoms with Crippen molar-refractivity contribution < 1.29 is 9.84 Å². The predicted octanol–water partition coefficient (Wildman–Crippen LogP) is 1.65. The summed E-state index contributed by atoms with van der Waals surface area (Å²) in [7, 11) is 0. The highest BCUT2D eigenvalue weighted by molar-refractivity contribution is 4.99. The Morgan fingerprint density at radius 2 is 2.38 bits per heavy atom. The fourth-order valence-electron chi connectivity index (χ4n) is 3.84. The largest absolute Gasteiger partial charge is 0.390 e. The number of hydrogen-bond donors (Lipinski definition) is 1. The third kappa shape index (κ3) is 3.00. The normalized spacial score (nSPS) is 34.4. The molecule has 0 amide bonds. The van der Waals surface area contributed by atoms with E-state index in [1.807, 2.05) is 19.3 Å². The standard InChI is InChI=1S/C16H27N3O2/c1-3-18-9-7-17-15(18)11-19-8-4-5-14(19)13-12-21-10-6-16(13,2)20/h7,9,13-14,20H,3-6,8,10-12H2,1-2H3/t13-,14-,16-/m1/s1. The van der Waals surface area contributed by atoms with E-state index in [1.54, 1.807) is 0 Å². The van der Waals surface area contributed by atoms with E-state index in [1.165, 1.54) is 6.42 Å². The molecule has 2 aliphatic rings. The minimum atomic E-state index is -0.605. The van der Waals surface area contributed by atoms with E-state index >= 15 is 0 Å². The first-order chi connectivity index (χ1) is 10.1. The number of likely N-dealkylation sites (tertiary alicyclic amines) is 1. The molecule has 3 atom stereocenters. The molecule has 0 spiro atoms. The number of imidazole rings is 1. The third-order valence-electron chi connectivity index (χ3n) is 5.21. The monoisotopic (exact) mass is 293 g/mol. The molecule has 21 heavy (non-hydrogen) atoms. The fraction of sp³-hybridized carbons (Fsp3) is 0.812. The van der Waals surface area contributed by atoms with E-state index in [0.717, 1.165) is 38.3 Å². The van der Waals surface area contributed by atoms with Gasteiger partial charge in [0.05, 0.1) is 18.8 Å². The number of hydrogen-bond acceptors (Lipinski definition) is 4. The summed E-state index contributed by atoms with van der Waals surface area (Å²) in [6.07, 6.45) is 7.01. The Bertz CT molecular complexity index is 472. The van der Waals surface area contributed by atoms with Crippen LogP contribution < -0.4 is 0 Å². The van der Waals surface area contributed by atoms with Crippen molar-refractivity contribution in [3.05, 3.63) is 18.2 Å². The van der Waals surface area contributed by atoms with Crippen molar-refractivity contribution >= 4 is 0 Å². The molecule has 5 heteroatoms. The lowest BCUT2D eigenvalue weighted by Crippen LogP contribution is -2.52. The Hall–Kier alpha value is -0.910. The van der Waals surface area contributed by atoms with Gasteiger partial charge in [-0.05, 0) is 39.7 Å². The van der Waals surface area contributed by atoms with Gasteiger partial charge >= 0.3 is 0 Å². The van der Waals surface area contributed by atoms with E-state index in [2.05, 4.69) is 21.4 Å². The number of nitrogens with zero attached hydrogens (tertiary/aromatic N) is 3. The Balaban J connectivity index is 1.73. The molecule has 0 saturated carbocycles. The maximum atomic E-state index is 10.7. The van der Waals surface area contributed by atoms with Crippen LogP contribution in [-0.2, 0) is 17.8 Å². The Labute approximate surface area is 126 Å². The highest BCUT2D eigenvalue weighted by Crippen LogP contribution is 2.36. The number of aryl methyl sites for hydroxylation is 1. The predicted molar refractivity (Wildman–Crippen MR) is 80.9 cm³/mol. The Kier molecular flexibility index (Phi) is 4.33. The van der Waals surface area contributed by atoms with Crippen LogP contribution in [0.25, 0.3) is 0 Å². The Morgan fingerprint density at radius 1 is 1.52 bits per heavy atom. The zero-order valence-corrected chi connectivity index (χ0v) is 13.2.